The molecule has 1 heterocycles. The molecule has 1 aromatic heterocycles. The maximum Gasteiger partial charge on any atom is 0.279 e. The van der Waals surface area contributed by atoms with E-state index < -0.39 is 22.6 Å². The Morgan fingerprint density at radius 3 is 2.48 bits per heavy atom. The van der Waals surface area contributed by atoms with E-state index in [2.05, 4.69) is 20.6 Å². The Morgan fingerprint density at radius 1 is 1.28 bits per heavy atom. The molecular formula is C15H15ClN4O4S. The molecular weight excluding hydrogens is 368 g/mol. The van der Waals surface area contributed by atoms with Crippen molar-refractivity contribution in [2.45, 2.75) is 24.3 Å². The van der Waals surface area contributed by atoms with Crippen molar-refractivity contribution in [2.24, 2.45) is 0 Å². The van der Waals surface area contributed by atoms with Gasteiger partial charge in [0.25, 0.3) is 5.56 Å². The summed E-state index contributed by atoms with van der Waals surface area (Å²) in [6, 6.07) is 6.61. The predicted molar refractivity (Wildman–Crippen MR) is 96.2 cm³/mol. The predicted octanol–water partition coefficient (Wildman–Crippen LogP) is 2.21. The van der Waals surface area contributed by atoms with Gasteiger partial charge in [0, 0.05) is 17.6 Å². The van der Waals surface area contributed by atoms with Gasteiger partial charge in [0.1, 0.15) is 0 Å². The fraction of sp³-hybridized carbons (Fsp3) is 0.200. The van der Waals surface area contributed by atoms with E-state index >= 15 is 0 Å². The Hall–Kier alpha value is -2.52. The second-order valence-corrected chi connectivity index (χ2v) is 6.77. The van der Waals surface area contributed by atoms with Crippen molar-refractivity contribution in [2.75, 3.05) is 10.6 Å². The van der Waals surface area contributed by atoms with Crippen molar-refractivity contribution in [3.8, 4) is 5.88 Å². The van der Waals surface area contributed by atoms with Crippen molar-refractivity contribution in [3.63, 3.8) is 0 Å². The number of hydrogen-bond acceptors (Lipinski definition) is 6. The molecule has 0 aliphatic carbocycles. The van der Waals surface area contributed by atoms with E-state index in [1.807, 2.05) is 0 Å². The molecule has 0 unspecified atom stereocenters. The fourth-order valence-corrected chi connectivity index (χ4v) is 2.70. The zero-order valence-corrected chi connectivity index (χ0v) is 14.9. The summed E-state index contributed by atoms with van der Waals surface area (Å²) in [5, 5.41) is 14.6. The first kappa shape index (κ1) is 18.8. The van der Waals surface area contributed by atoms with Crippen molar-refractivity contribution >= 4 is 46.6 Å². The molecule has 0 saturated carbocycles. The highest BCUT2D eigenvalue weighted by Crippen LogP contribution is 2.24. The molecule has 2 aromatic rings. The van der Waals surface area contributed by atoms with Crippen molar-refractivity contribution < 1.29 is 14.7 Å². The minimum absolute atomic E-state index is 0.0513. The molecule has 0 fully saturated rings. The lowest BCUT2D eigenvalue weighted by molar-refractivity contribution is -0.115. The van der Waals surface area contributed by atoms with Gasteiger partial charge in [-0.2, -0.15) is 4.98 Å². The minimum Gasteiger partial charge on any atom is -0.492 e. The number of nitrogens with one attached hydrogen (secondary N) is 3. The highest BCUT2D eigenvalue weighted by atomic mass is 35.5. The first-order chi connectivity index (χ1) is 11.8. The molecule has 132 valence electrons. The van der Waals surface area contributed by atoms with Gasteiger partial charge in [-0.25, -0.2) is 0 Å². The standard InChI is InChI=1S/C15H15ClN4O4S/c1-7(12(22)18-10-5-3-9(16)4-6-10)25-15-19-13(23)11(14(24)20-15)17-8(2)21/h3-7H,1-2H3,(H,17,21)(H,18,22)(H2,19,20,23,24)/t7-/m1/s1. The lowest BCUT2D eigenvalue weighted by Crippen LogP contribution is -2.24. The summed E-state index contributed by atoms with van der Waals surface area (Å²) in [6.07, 6.45) is 0. The van der Waals surface area contributed by atoms with Gasteiger partial charge in [0.15, 0.2) is 10.8 Å². The van der Waals surface area contributed by atoms with Gasteiger partial charge in [0.05, 0.1) is 5.25 Å². The normalized spacial score (nSPS) is 11.6. The van der Waals surface area contributed by atoms with Crippen LogP contribution in [0.2, 0.25) is 5.02 Å². The number of benzene rings is 1. The van der Waals surface area contributed by atoms with Crippen LogP contribution in [0.4, 0.5) is 11.4 Å². The molecule has 10 heteroatoms. The third kappa shape index (κ3) is 5.23. The molecule has 1 atom stereocenters. The zero-order valence-electron chi connectivity index (χ0n) is 13.3. The maximum atomic E-state index is 12.2. The second-order valence-electron chi connectivity index (χ2n) is 5.01. The van der Waals surface area contributed by atoms with E-state index in [9.17, 15) is 19.5 Å². The lowest BCUT2D eigenvalue weighted by atomic mass is 10.3. The van der Waals surface area contributed by atoms with Crippen LogP contribution in [0, 0.1) is 0 Å². The molecule has 2 rings (SSSR count). The van der Waals surface area contributed by atoms with Gasteiger partial charge in [0.2, 0.25) is 17.7 Å². The number of aromatic nitrogens is 2. The molecule has 0 spiro atoms. The van der Waals surface area contributed by atoms with Gasteiger partial charge >= 0.3 is 0 Å². The smallest absolute Gasteiger partial charge is 0.279 e. The number of amides is 2. The van der Waals surface area contributed by atoms with E-state index in [4.69, 9.17) is 11.6 Å². The number of rotatable bonds is 5. The Morgan fingerprint density at radius 2 is 1.92 bits per heavy atom. The molecule has 0 aliphatic heterocycles. The summed E-state index contributed by atoms with van der Waals surface area (Å²) in [7, 11) is 0. The summed E-state index contributed by atoms with van der Waals surface area (Å²) in [5.41, 5.74) is -0.474. The molecule has 0 saturated heterocycles. The van der Waals surface area contributed by atoms with E-state index in [-0.39, 0.29) is 16.8 Å². The quantitative estimate of drug-likeness (QED) is 0.464. The number of carbonyl (C=O) groups is 2. The third-order valence-corrected chi connectivity index (χ3v) is 4.19. The van der Waals surface area contributed by atoms with Gasteiger partial charge in [-0.3, -0.25) is 19.4 Å². The first-order valence-corrected chi connectivity index (χ1v) is 8.36. The summed E-state index contributed by atoms with van der Waals surface area (Å²) in [6.45, 7) is 2.82. The average Bonchev–Trinajstić information content (AvgIpc) is 2.53. The van der Waals surface area contributed by atoms with Crippen LogP contribution < -0.4 is 16.2 Å². The van der Waals surface area contributed by atoms with Crippen molar-refractivity contribution in [1.82, 2.24) is 9.97 Å². The molecule has 1 aromatic carbocycles. The first-order valence-electron chi connectivity index (χ1n) is 7.10. The van der Waals surface area contributed by atoms with Crippen LogP contribution in [-0.2, 0) is 9.59 Å². The summed E-state index contributed by atoms with van der Waals surface area (Å²) < 4.78 is 0. The zero-order chi connectivity index (χ0) is 18.6. The summed E-state index contributed by atoms with van der Waals surface area (Å²) in [5.74, 6) is -1.45. The number of carbonyl (C=O) groups excluding carboxylic acids is 2. The summed E-state index contributed by atoms with van der Waals surface area (Å²) >= 11 is 6.74. The number of anilines is 2. The number of hydrogen-bond donors (Lipinski definition) is 4. The molecule has 0 bridgehead atoms. The third-order valence-electron chi connectivity index (χ3n) is 2.95. The molecule has 4 N–H and O–H groups in total. The number of H-pyrrole nitrogens is 1. The number of halogens is 1. The Balaban J connectivity index is 2.08. The van der Waals surface area contributed by atoms with Gasteiger partial charge in [-0.15, -0.1) is 0 Å². The molecule has 0 radical (unpaired) electrons. The molecule has 2 amide bonds. The topological polar surface area (TPSA) is 124 Å². The van der Waals surface area contributed by atoms with Crippen LogP contribution in [0.25, 0.3) is 0 Å². The summed E-state index contributed by atoms with van der Waals surface area (Å²) in [4.78, 5) is 41.2. The van der Waals surface area contributed by atoms with E-state index in [0.717, 1.165) is 11.8 Å². The Labute approximate surface area is 152 Å². The molecule has 8 nitrogen and oxygen atoms in total. The van der Waals surface area contributed by atoms with Crippen molar-refractivity contribution in [1.29, 1.82) is 0 Å². The molecule has 0 aliphatic rings. The number of nitrogens with zero attached hydrogens (tertiary/aromatic N) is 1. The maximum absolute atomic E-state index is 12.2. The lowest BCUT2D eigenvalue weighted by Gasteiger charge is -2.12. The van der Waals surface area contributed by atoms with Crippen LogP contribution >= 0.6 is 23.4 Å². The van der Waals surface area contributed by atoms with Crippen LogP contribution in [-0.4, -0.2) is 32.1 Å². The highest BCUT2D eigenvalue weighted by Gasteiger charge is 2.18. The SMILES string of the molecule is CC(=O)Nc1c(O)nc(S[C@H](C)C(=O)Nc2ccc(Cl)cc2)[nH]c1=O. The number of thioether (sulfide) groups is 1. The highest BCUT2D eigenvalue weighted by molar-refractivity contribution is 8.00. The van der Waals surface area contributed by atoms with Gasteiger partial charge in [-0.1, -0.05) is 23.4 Å². The van der Waals surface area contributed by atoms with Crippen LogP contribution in [0.15, 0.2) is 34.2 Å². The van der Waals surface area contributed by atoms with Crippen molar-refractivity contribution in [3.05, 3.63) is 39.6 Å². The minimum atomic E-state index is -0.712. The van der Waals surface area contributed by atoms with E-state index in [0.29, 0.717) is 10.7 Å². The van der Waals surface area contributed by atoms with Crippen LogP contribution in [0.5, 0.6) is 5.88 Å². The van der Waals surface area contributed by atoms with Crippen LogP contribution in [0.1, 0.15) is 13.8 Å². The Kier molecular flexibility index (Phi) is 6.05. The van der Waals surface area contributed by atoms with Crippen LogP contribution in [0.3, 0.4) is 0 Å². The van der Waals surface area contributed by atoms with E-state index in [1.54, 1.807) is 31.2 Å². The fourth-order valence-electron chi connectivity index (χ4n) is 1.78. The largest absolute Gasteiger partial charge is 0.492 e. The van der Waals surface area contributed by atoms with Gasteiger partial charge in [-0.05, 0) is 31.2 Å². The Bertz CT molecular complexity index is 854. The van der Waals surface area contributed by atoms with Gasteiger partial charge < -0.3 is 15.7 Å². The van der Waals surface area contributed by atoms with E-state index in [1.165, 1.54) is 6.92 Å². The monoisotopic (exact) mass is 382 g/mol. The average molecular weight is 383 g/mol. The second kappa shape index (κ2) is 8.04. The molecule has 25 heavy (non-hydrogen) atoms. The number of aromatic amines is 1. The number of aromatic hydroxyl groups is 1.